The van der Waals surface area contributed by atoms with Crippen molar-refractivity contribution in [1.29, 1.82) is 5.26 Å². The van der Waals surface area contributed by atoms with Gasteiger partial charge >= 0.3 is 0 Å². The van der Waals surface area contributed by atoms with E-state index in [9.17, 15) is 4.79 Å². The number of amides is 1. The number of hydrogen-bond donors (Lipinski definition) is 1. The molecule has 0 unspecified atom stereocenters. The van der Waals surface area contributed by atoms with Crippen molar-refractivity contribution in [2.24, 2.45) is 5.92 Å². The van der Waals surface area contributed by atoms with Crippen LogP contribution in [-0.2, 0) is 4.79 Å². The molecule has 0 saturated heterocycles. The van der Waals surface area contributed by atoms with Crippen LogP contribution in [0.1, 0.15) is 44.9 Å². The van der Waals surface area contributed by atoms with Crippen molar-refractivity contribution < 1.29 is 19.0 Å². The van der Waals surface area contributed by atoms with Crippen LogP contribution in [0.4, 0.5) is 0 Å². The van der Waals surface area contributed by atoms with Gasteiger partial charge in [-0.15, -0.1) is 0 Å². The summed E-state index contributed by atoms with van der Waals surface area (Å²) < 4.78 is 16.9. The summed E-state index contributed by atoms with van der Waals surface area (Å²) in [6, 6.07) is 14.2. The van der Waals surface area contributed by atoms with E-state index in [4.69, 9.17) is 19.5 Å². The van der Waals surface area contributed by atoms with Gasteiger partial charge in [-0.2, -0.15) is 5.26 Å². The molecule has 1 amide bonds. The number of rotatable bonds is 9. The lowest BCUT2D eigenvalue weighted by Gasteiger charge is -2.20. The summed E-state index contributed by atoms with van der Waals surface area (Å²) in [5.74, 6) is 1.82. The second-order valence-electron chi connectivity index (χ2n) is 7.21. The number of nitrogens with zero attached hydrogens (tertiary/aromatic N) is 1. The predicted octanol–water partition coefficient (Wildman–Crippen LogP) is 4.25. The fourth-order valence-corrected chi connectivity index (χ4v) is 2.65. The molecule has 0 heterocycles. The first-order valence-electron chi connectivity index (χ1n) is 9.62. The molecular weight excluding hydrogens is 368 g/mol. The topological polar surface area (TPSA) is 80.6 Å². The van der Waals surface area contributed by atoms with Crippen LogP contribution in [0.15, 0.2) is 42.5 Å². The molecule has 2 atom stereocenters. The molecule has 0 saturated carbocycles. The number of benzene rings is 2. The van der Waals surface area contributed by atoms with Crippen molar-refractivity contribution in [1.82, 2.24) is 5.32 Å². The quantitative estimate of drug-likeness (QED) is 0.685. The Balaban J connectivity index is 2.04. The lowest BCUT2D eigenvalue weighted by molar-refractivity contribution is -0.127. The highest BCUT2D eigenvalue weighted by Crippen LogP contribution is 2.30. The maximum absolute atomic E-state index is 12.6. The fourth-order valence-electron chi connectivity index (χ4n) is 2.65. The number of methoxy groups -OCH3 is 1. The molecular formula is C23H28N2O4. The van der Waals surface area contributed by atoms with E-state index in [1.807, 2.05) is 25.1 Å². The van der Waals surface area contributed by atoms with Crippen LogP contribution in [0.5, 0.6) is 17.2 Å². The number of ether oxygens (including phenoxy) is 3. The minimum Gasteiger partial charge on any atom is -0.493 e. The van der Waals surface area contributed by atoms with Crippen molar-refractivity contribution in [2.75, 3.05) is 13.7 Å². The highest BCUT2D eigenvalue weighted by Gasteiger charge is 2.20. The number of nitrogens with one attached hydrogen (secondary N) is 1. The van der Waals surface area contributed by atoms with Gasteiger partial charge in [-0.05, 0) is 49.6 Å². The van der Waals surface area contributed by atoms with Crippen molar-refractivity contribution in [3.8, 4) is 23.3 Å². The number of carbonyl (C=O) groups is 1. The molecule has 0 fully saturated rings. The standard InChI is InChI=1S/C23H28N2O4/c1-15(2)14-28-21-11-10-18(12-22(21)27-5)16(3)25-23(26)17(4)29-20-9-7-6-8-19(20)13-24/h6-12,15-17H,14H2,1-5H3,(H,25,26)/t16-,17-/m0/s1. The zero-order valence-electron chi connectivity index (χ0n) is 17.6. The molecule has 0 aliphatic carbocycles. The molecule has 0 aromatic heterocycles. The molecule has 0 aliphatic rings. The maximum atomic E-state index is 12.6. The van der Waals surface area contributed by atoms with Gasteiger partial charge in [-0.1, -0.05) is 32.0 Å². The molecule has 29 heavy (non-hydrogen) atoms. The summed E-state index contributed by atoms with van der Waals surface area (Å²) in [7, 11) is 1.59. The van der Waals surface area contributed by atoms with E-state index >= 15 is 0 Å². The molecule has 2 rings (SSSR count). The fraction of sp³-hybridized carbons (Fsp3) is 0.391. The molecule has 0 spiro atoms. The molecule has 0 radical (unpaired) electrons. The Hall–Kier alpha value is -3.20. The Morgan fingerprint density at radius 1 is 1.07 bits per heavy atom. The molecule has 2 aromatic rings. The van der Waals surface area contributed by atoms with Crippen LogP contribution in [0.2, 0.25) is 0 Å². The predicted molar refractivity (Wildman–Crippen MR) is 111 cm³/mol. The summed E-state index contributed by atoms with van der Waals surface area (Å²) in [6.07, 6.45) is -0.748. The van der Waals surface area contributed by atoms with Crippen molar-refractivity contribution in [3.05, 3.63) is 53.6 Å². The zero-order valence-corrected chi connectivity index (χ0v) is 17.6. The Morgan fingerprint density at radius 2 is 1.79 bits per heavy atom. The highest BCUT2D eigenvalue weighted by molar-refractivity contribution is 5.81. The molecule has 154 valence electrons. The van der Waals surface area contributed by atoms with Gasteiger partial charge in [-0.25, -0.2) is 0 Å². The summed E-state index contributed by atoms with van der Waals surface area (Å²) in [4.78, 5) is 12.6. The minimum absolute atomic E-state index is 0.257. The lowest BCUT2D eigenvalue weighted by Crippen LogP contribution is -2.37. The van der Waals surface area contributed by atoms with Gasteiger partial charge < -0.3 is 19.5 Å². The third-order valence-corrected chi connectivity index (χ3v) is 4.30. The summed E-state index contributed by atoms with van der Waals surface area (Å²) >= 11 is 0. The van der Waals surface area contributed by atoms with Crippen molar-refractivity contribution >= 4 is 5.91 Å². The van der Waals surface area contributed by atoms with E-state index < -0.39 is 6.10 Å². The number of carbonyl (C=O) groups excluding carboxylic acids is 1. The Bertz CT molecular complexity index is 873. The van der Waals surface area contributed by atoms with E-state index in [1.54, 1.807) is 38.3 Å². The normalized spacial score (nSPS) is 12.6. The highest BCUT2D eigenvalue weighted by atomic mass is 16.5. The van der Waals surface area contributed by atoms with E-state index in [2.05, 4.69) is 25.2 Å². The van der Waals surface area contributed by atoms with Crippen LogP contribution >= 0.6 is 0 Å². The van der Waals surface area contributed by atoms with Crippen LogP contribution in [-0.4, -0.2) is 25.7 Å². The third kappa shape index (κ3) is 6.15. The Labute approximate surface area is 172 Å². The molecule has 2 aromatic carbocycles. The maximum Gasteiger partial charge on any atom is 0.261 e. The van der Waals surface area contributed by atoms with Gasteiger partial charge in [0.1, 0.15) is 11.8 Å². The average Bonchev–Trinajstić information content (AvgIpc) is 2.72. The molecule has 0 aliphatic heterocycles. The van der Waals surface area contributed by atoms with Crippen LogP contribution in [0.3, 0.4) is 0 Å². The third-order valence-electron chi connectivity index (χ3n) is 4.30. The summed E-state index contributed by atoms with van der Waals surface area (Å²) in [5, 5.41) is 12.1. The minimum atomic E-state index is -0.748. The van der Waals surface area contributed by atoms with Crippen molar-refractivity contribution in [3.63, 3.8) is 0 Å². The second kappa shape index (κ2) is 10.4. The smallest absolute Gasteiger partial charge is 0.261 e. The van der Waals surface area contributed by atoms with Gasteiger partial charge in [0, 0.05) is 0 Å². The average molecular weight is 396 g/mol. The first-order valence-corrected chi connectivity index (χ1v) is 9.62. The summed E-state index contributed by atoms with van der Waals surface area (Å²) in [5.41, 5.74) is 1.28. The summed E-state index contributed by atoms with van der Waals surface area (Å²) in [6.45, 7) is 8.30. The second-order valence-corrected chi connectivity index (χ2v) is 7.21. The van der Waals surface area contributed by atoms with Gasteiger partial charge in [0.2, 0.25) is 0 Å². The van der Waals surface area contributed by atoms with E-state index in [0.717, 1.165) is 5.56 Å². The van der Waals surface area contributed by atoms with Gasteiger partial charge in [0.25, 0.3) is 5.91 Å². The number of hydrogen-bond acceptors (Lipinski definition) is 5. The van der Waals surface area contributed by atoms with E-state index in [1.165, 1.54) is 0 Å². The van der Waals surface area contributed by atoms with Crippen molar-refractivity contribution in [2.45, 2.75) is 39.8 Å². The zero-order chi connectivity index (χ0) is 21.4. The lowest BCUT2D eigenvalue weighted by atomic mass is 10.1. The molecule has 1 N–H and O–H groups in total. The van der Waals surface area contributed by atoms with E-state index in [-0.39, 0.29) is 11.9 Å². The molecule has 6 heteroatoms. The van der Waals surface area contributed by atoms with Gasteiger partial charge in [0.05, 0.1) is 25.3 Å². The monoisotopic (exact) mass is 396 g/mol. The van der Waals surface area contributed by atoms with Crippen LogP contribution < -0.4 is 19.5 Å². The molecule has 0 bridgehead atoms. The number of nitriles is 1. The largest absolute Gasteiger partial charge is 0.493 e. The Morgan fingerprint density at radius 3 is 2.45 bits per heavy atom. The van der Waals surface area contributed by atoms with Crippen LogP contribution in [0.25, 0.3) is 0 Å². The first-order chi connectivity index (χ1) is 13.8. The first kappa shape index (κ1) is 22.1. The number of para-hydroxylation sites is 1. The van der Waals surface area contributed by atoms with Gasteiger partial charge in [-0.3, -0.25) is 4.79 Å². The Kier molecular flexibility index (Phi) is 7.90. The molecule has 6 nitrogen and oxygen atoms in total. The SMILES string of the molecule is COc1cc([C@H](C)NC(=O)[C@H](C)Oc2ccccc2C#N)ccc1OCC(C)C. The van der Waals surface area contributed by atoms with Gasteiger partial charge in [0.15, 0.2) is 17.6 Å². The van der Waals surface area contributed by atoms with Crippen LogP contribution in [0, 0.1) is 17.2 Å². The van der Waals surface area contributed by atoms with E-state index in [0.29, 0.717) is 35.3 Å².